The van der Waals surface area contributed by atoms with Crippen LogP contribution >= 0.6 is 23.1 Å². The van der Waals surface area contributed by atoms with E-state index in [4.69, 9.17) is 0 Å². The highest BCUT2D eigenvalue weighted by Crippen LogP contribution is 2.35. The lowest BCUT2D eigenvalue weighted by atomic mass is 10.2. The first-order valence-electron chi connectivity index (χ1n) is 8.37. The molecule has 25 heavy (non-hydrogen) atoms. The highest BCUT2D eigenvalue weighted by Gasteiger charge is 2.30. The number of aromatic nitrogens is 2. The van der Waals surface area contributed by atoms with Gasteiger partial charge < -0.3 is 9.88 Å². The summed E-state index contributed by atoms with van der Waals surface area (Å²) in [6, 6.07) is 14.5. The van der Waals surface area contributed by atoms with Crippen molar-refractivity contribution in [2.24, 2.45) is 0 Å². The summed E-state index contributed by atoms with van der Waals surface area (Å²) in [5, 5.41) is 2.87. The van der Waals surface area contributed by atoms with E-state index in [0.29, 0.717) is 5.75 Å². The van der Waals surface area contributed by atoms with Gasteiger partial charge in [-0.1, -0.05) is 48.2 Å². The summed E-state index contributed by atoms with van der Waals surface area (Å²) in [7, 11) is 0. The predicted molar refractivity (Wildman–Crippen MR) is 103 cm³/mol. The van der Waals surface area contributed by atoms with E-state index in [1.807, 2.05) is 41.4 Å². The third-order valence-corrected chi connectivity index (χ3v) is 6.26. The van der Waals surface area contributed by atoms with Crippen molar-refractivity contribution in [1.82, 2.24) is 14.9 Å². The number of rotatable bonds is 5. The van der Waals surface area contributed by atoms with Crippen LogP contribution in [-0.4, -0.2) is 33.1 Å². The second-order valence-electron chi connectivity index (χ2n) is 6.02. The summed E-state index contributed by atoms with van der Waals surface area (Å²) < 4.78 is 0. The summed E-state index contributed by atoms with van der Waals surface area (Å²) in [6.45, 7) is 0.857. The van der Waals surface area contributed by atoms with Gasteiger partial charge in [0.15, 0.2) is 5.16 Å². The molecule has 0 spiro atoms. The molecule has 128 valence electrons. The van der Waals surface area contributed by atoms with Crippen molar-refractivity contribution in [1.29, 1.82) is 0 Å². The smallest absolute Gasteiger partial charge is 0.233 e. The highest BCUT2D eigenvalue weighted by molar-refractivity contribution is 7.99. The van der Waals surface area contributed by atoms with Gasteiger partial charge in [-0.15, -0.1) is 11.3 Å². The second kappa shape index (κ2) is 7.45. The van der Waals surface area contributed by atoms with Crippen LogP contribution in [0.25, 0.3) is 11.3 Å². The quantitative estimate of drug-likeness (QED) is 0.669. The molecule has 0 bridgehead atoms. The third-order valence-electron chi connectivity index (χ3n) is 4.41. The minimum Gasteiger partial charge on any atom is -0.334 e. The predicted octanol–water partition coefficient (Wildman–Crippen LogP) is 4.59. The number of imidazole rings is 1. The van der Waals surface area contributed by atoms with Crippen LogP contribution < -0.4 is 0 Å². The first kappa shape index (κ1) is 16.4. The van der Waals surface area contributed by atoms with Gasteiger partial charge in [-0.25, -0.2) is 4.98 Å². The third kappa shape index (κ3) is 3.65. The zero-order valence-corrected chi connectivity index (χ0v) is 15.4. The number of hydrogen-bond donors (Lipinski definition) is 1. The van der Waals surface area contributed by atoms with E-state index >= 15 is 0 Å². The Bertz CT molecular complexity index is 829. The van der Waals surface area contributed by atoms with Gasteiger partial charge >= 0.3 is 0 Å². The molecule has 1 aliphatic heterocycles. The molecule has 1 N–H and O–H groups in total. The Hall–Kier alpha value is -2.05. The van der Waals surface area contributed by atoms with Gasteiger partial charge in [0.25, 0.3) is 0 Å². The Morgan fingerprint density at radius 1 is 1.28 bits per heavy atom. The van der Waals surface area contributed by atoms with Gasteiger partial charge in [-0.3, -0.25) is 4.79 Å². The number of aromatic amines is 1. The lowest BCUT2D eigenvalue weighted by molar-refractivity contribution is -0.129. The molecule has 1 aromatic carbocycles. The number of nitrogens with one attached hydrogen (secondary N) is 1. The number of hydrogen-bond acceptors (Lipinski definition) is 4. The number of H-pyrrole nitrogens is 1. The minimum atomic E-state index is 0.193. The molecule has 4 nitrogen and oxygen atoms in total. The average molecular weight is 370 g/mol. The molecule has 2 aromatic heterocycles. The Labute approximate surface area is 155 Å². The number of carbonyl (C=O) groups excluding carboxylic acids is 1. The molecule has 0 unspecified atom stereocenters. The molecule has 0 saturated carbocycles. The van der Waals surface area contributed by atoms with E-state index in [-0.39, 0.29) is 11.9 Å². The number of carbonyl (C=O) groups is 1. The van der Waals surface area contributed by atoms with Crippen LogP contribution in [0.3, 0.4) is 0 Å². The molecule has 1 saturated heterocycles. The second-order valence-corrected chi connectivity index (χ2v) is 7.96. The van der Waals surface area contributed by atoms with Crippen LogP contribution in [0.4, 0.5) is 0 Å². The normalized spacial score (nSPS) is 17.1. The molecular weight excluding hydrogens is 350 g/mol. The number of likely N-dealkylation sites (tertiary alicyclic amines) is 1. The van der Waals surface area contributed by atoms with E-state index in [9.17, 15) is 4.79 Å². The maximum absolute atomic E-state index is 12.7. The molecule has 3 aromatic rings. The van der Waals surface area contributed by atoms with Crippen molar-refractivity contribution in [3.8, 4) is 11.3 Å². The van der Waals surface area contributed by atoms with E-state index in [2.05, 4.69) is 27.5 Å². The zero-order valence-electron chi connectivity index (χ0n) is 13.7. The van der Waals surface area contributed by atoms with Gasteiger partial charge in [0.05, 0.1) is 23.7 Å². The van der Waals surface area contributed by atoms with Gasteiger partial charge in [-0.05, 0) is 29.9 Å². The van der Waals surface area contributed by atoms with Crippen molar-refractivity contribution >= 4 is 29.0 Å². The molecule has 6 heteroatoms. The molecule has 0 aliphatic carbocycles. The molecule has 1 aliphatic rings. The summed E-state index contributed by atoms with van der Waals surface area (Å²) in [6.07, 6.45) is 3.97. The fraction of sp³-hybridized carbons (Fsp3) is 0.263. The number of thiophene rings is 1. The fourth-order valence-electron chi connectivity index (χ4n) is 3.20. The van der Waals surface area contributed by atoms with Crippen molar-refractivity contribution < 1.29 is 4.79 Å². The summed E-state index contributed by atoms with van der Waals surface area (Å²) in [5.74, 6) is 0.613. The van der Waals surface area contributed by atoms with E-state index in [1.165, 1.54) is 16.6 Å². The topological polar surface area (TPSA) is 49.0 Å². The molecule has 1 fully saturated rings. The minimum absolute atomic E-state index is 0.193. The standard InChI is InChI=1S/C19H19N3OS2/c23-18(22-10-4-8-16(22)17-9-5-11-24-17)13-25-19-20-12-15(21-19)14-6-2-1-3-7-14/h1-3,5-7,9,11-12,16H,4,8,10,13H2,(H,20,21)/t16-/m0/s1. The number of nitrogens with zero attached hydrogens (tertiary/aromatic N) is 2. The van der Waals surface area contributed by atoms with E-state index in [0.717, 1.165) is 35.8 Å². The van der Waals surface area contributed by atoms with Gasteiger partial charge in [0.1, 0.15) is 0 Å². The number of amides is 1. The van der Waals surface area contributed by atoms with Crippen LogP contribution in [0.5, 0.6) is 0 Å². The summed E-state index contributed by atoms with van der Waals surface area (Å²) in [4.78, 5) is 23.7. The lowest BCUT2D eigenvalue weighted by Gasteiger charge is -2.23. The SMILES string of the molecule is O=C(CSc1ncc(-c2ccccc2)[nH]1)N1CCC[C@H]1c1cccs1. The van der Waals surface area contributed by atoms with Crippen LogP contribution in [0, 0.1) is 0 Å². The molecule has 1 atom stereocenters. The maximum Gasteiger partial charge on any atom is 0.233 e. The van der Waals surface area contributed by atoms with Gasteiger partial charge in [-0.2, -0.15) is 0 Å². The van der Waals surface area contributed by atoms with Crippen LogP contribution in [0.1, 0.15) is 23.8 Å². The maximum atomic E-state index is 12.7. The molecular formula is C19H19N3OS2. The van der Waals surface area contributed by atoms with Gasteiger partial charge in [0.2, 0.25) is 5.91 Å². The first-order chi connectivity index (χ1) is 12.3. The Morgan fingerprint density at radius 3 is 2.96 bits per heavy atom. The molecule has 0 radical (unpaired) electrons. The molecule has 3 heterocycles. The largest absolute Gasteiger partial charge is 0.334 e. The van der Waals surface area contributed by atoms with Crippen molar-refractivity contribution in [3.05, 3.63) is 58.9 Å². The van der Waals surface area contributed by atoms with Crippen molar-refractivity contribution in [2.75, 3.05) is 12.3 Å². The van der Waals surface area contributed by atoms with Crippen LogP contribution in [-0.2, 0) is 4.79 Å². The average Bonchev–Trinajstić information content (AvgIpc) is 3.41. The van der Waals surface area contributed by atoms with E-state index in [1.54, 1.807) is 11.3 Å². The van der Waals surface area contributed by atoms with Crippen LogP contribution in [0.15, 0.2) is 59.2 Å². The fourth-order valence-corrected chi connectivity index (χ4v) is 4.80. The van der Waals surface area contributed by atoms with E-state index < -0.39 is 0 Å². The monoisotopic (exact) mass is 369 g/mol. The van der Waals surface area contributed by atoms with Gasteiger partial charge in [0, 0.05) is 11.4 Å². The number of benzene rings is 1. The zero-order chi connectivity index (χ0) is 17.1. The first-order valence-corrected chi connectivity index (χ1v) is 10.2. The highest BCUT2D eigenvalue weighted by atomic mass is 32.2. The van der Waals surface area contributed by atoms with Crippen molar-refractivity contribution in [2.45, 2.75) is 24.0 Å². The number of thioether (sulfide) groups is 1. The molecule has 4 rings (SSSR count). The molecule has 1 amide bonds. The lowest BCUT2D eigenvalue weighted by Crippen LogP contribution is -2.31. The summed E-state index contributed by atoms with van der Waals surface area (Å²) in [5.41, 5.74) is 2.08. The Balaban J connectivity index is 1.38. The Morgan fingerprint density at radius 2 is 2.16 bits per heavy atom. The Kier molecular flexibility index (Phi) is 4.90. The summed E-state index contributed by atoms with van der Waals surface area (Å²) >= 11 is 3.21. The van der Waals surface area contributed by atoms with Crippen molar-refractivity contribution in [3.63, 3.8) is 0 Å². The van der Waals surface area contributed by atoms with Crippen LogP contribution in [0.2, 0.25) is 0 Å².